The predicted molar refractivity (Wildman–Crippen MR) is 101 cm³/mol. The minimum atomic E-state index is -0.857. The van der Waals surface area contributed by atoms with Gasteiger partial charge in [0.2, 0.25) is 5.91 Å². The third kappa shape index (κ3) is 4.83. The number of amides is 1. The molecule has 0 saturated carbocycles. The van der Waals surface area contributed by atoms with Crippen LogP contribution < -0.4 is 10.6 Å². The molecule has 1 amide bonds. The first-order chi connectivity index (χ1) is 13.0. The number of nitrogens with zero attached hydrogens (tertiary/aromatic N) is 1. The molecular weight excluding hydrogens is 372 g/mol. The summed E-state index contributed by atoms with van der Waals surface area (Å²) in [4.78, 5) is 14.4. The highest BCUT2D eigenvalue weighted by atomic mass is 35.5. The zero-order valence-electron chi connectivity index (χ0n) is 15.0. The lowest BCUT2D eigenvalue weighted by molar-refractivity contribution is -0.125. The van der Waals surface area contributed by atoms with Gasteiger partial charge in [0.25, 0.3) is 0 Å². The summed E-state index contributed by atoms with van der Waals surface area (Å²) in [6.45, 7) is 1.64. The molecular formula is C20H22ClF2N3O. The molecule has 0 aromatic heterocycles. The van der Waals surface area contributed by atoms with E-state index in [0.717, 1.165) is 11.6 Å². The summed E-state index contributed by atoms with van der Waals surface area (Å²) in [5, 5.41) is 6.73. The molecule has 0 unspecified atom stereocenters. The second kappa shape index (κ2) is 8.78. The van der Waals surface area contributed by atoms with Crippen LogP contribution in [-0.2, 0) is 17.9 Å². The molecule has 7 heteroatoms. The number of carbonyl (C=O) groups excluding carboxylic acids is 1. The van der Waals surface area contributed by atoms with Crippen LogP contribution >= 0.6 is 11.6 Å². The highest BCUT2D eigenvalue weighted by molar-refractivity contribution is 6.31. The molecule has 2 aromatic carbocycles. The maximum Gasteiger partial charge on any atom is 0.237 e. The summed E-state index contributed by atoms with van der Waals surface area (Å²) in [6.07, 6.45) is 0.633. The normalized spacial score (nSPS) is 20.0. The van der Waals surface area contributed by atoms with Crippen molar-refractivity contribution >= 4 is 17.5 Å². The first-order valence-corrected chi connectivity index (χ1v) is 9.22. The van der Waals surface area contributed by atoms with Crippen LogP contribution in [0.5, 0.6) is 0 Å². The van der Waals surface area contributed by atoms with Crippen molar-refractivity contribution in [3.8, 4) is 0 Å². The topological polar surface area (TPSA) is 44.4 Å². The Morgan fingerprint density at radius 1 is 1.22 bits per heavy atom. The lowest BCUT2D eigenvalue weighted by Gasteiger charge is -2.23. The van der Waals surface area contributed by atoms with Gasteiger partial charge in [0.1, 0.15) is 0 Å². The molecule has 2 aromatic rings. The van der Waals surface area contributed by atoms with Gasteiger partial charge in [-0.15, -0.1) is 0 Å². The molecule has 0 bridgehead atoms. The number of benzene rings is 2. The number of nitrogens with one attached hydrogen (secondary N) is 2. The average molecular weight is 394 g/mol. The summed E-state index contributed by atoms with van der Waals surface area (Å²) in [7, 11) is 1.62. The Morgan fingerprint density at radius 2 is 2.00 bits per heavy atom. The monoisotopic (exact) mass is 393 g/mol. The number of carbonyl (C=O) groups is 1. The van der Waals surface area contributed by atoms with Crippen molar-refractivity contribution in [3.05, 3.63) is 70.2 Å². The highest BCUT2D eigenvalue weighted by Gasteiger charge is 2.36. The smallest absolute Gasteiger partial charge is 0.237 e. The van der Waals surface area contributed by atoms with E-state index in [2.05, 4.69) is 15.5 Å². The molecule has 2 N–H and O–H groups in total. The van der Waals surface area contributed by atoms with E-state index in [4.69, 9.17) is 11.6 Å². The van der Waals surface area contributed by atoms with E-state index in [1.54, 1.807) is 13.1 Å². The lowest BCUT2D eigenvalue weighted by Crippen LogP contribution is -2.41. The molecule has 0 aliphatic carbocycles. The van der Waals surface area contributed by atoms with E-state index in [0.29, 0.717) is 36.6 Å². The number of rotatable bonds is 6. The number of likely N-dealkylation sites (N-methyl/N-ethyl adjacent to an activating group) is 1. The summed E-state index contributed by atoms with van der Waals surface area (Å²) in [5.41, 5.74) is 1.63. The number of hydrogen-bond acceptors (Lipinski definition) is 3. The largest absolute Gasteiger partial charge is 0.358 e. The SMILES string of the molecule is CNC(=O)[C@@H]1C[C@H](NCc2ccc(F)c(F)c2)CN1Cc1ccccc1Cl. The Labute approximate surface area is 162 Å². The minimum absolute atomic E-state index is 0.0424. The fourth-order valence-corrected chi connectivity index (χ4v) is 3.62. The molecule has 1 aliphatic rings. The Bertz CT molecular complexity index is 818. The van der Waals surface area contributed by atoms with Crippen LogP contribution in [0.3, 0.4) is 0 Å². The summed E-state index contributed by atoms with van der Waals surface area (Å²) >= 11 is 6.26. The van der Waals surface area contributed by atoms with Crippen molar-refractivity contribution in [1.29, 1.82) is 0 Å². The van der Waals surface area contributed by atoms with E-state index in [1.165, 1.54) is 6.07 Å². The molecule has 1 saturated heterocycles. The van der Waals surface area contributed by atoms with Crippen LogP contribution in [0.4, 0.5) is 8.78 Å². The second-order valence-electron chi connectivity index (χ2n) is 6.71. The fourth-order valence-electron chi connectivity index (χ4n) is 3.42. The van der Waals surface area contributed by atoms with Gasteiger partial charge in [-0.3, -0.25) is 9.69 Å². The van der Waals surface area contributed by atoms with Gasteiger partial charge in [-0.1, -0.05) is 35.9 Å². The van der Waals surface area contributed by atoms with Gasteiger partial charge in [0.05, 0.1) is 6.04 Å². The average Bonchev–Trinajstić information content (AvgIpc) is 3.07. The van der Waals surface area contributed by atoms with Crippen molar-refractivity contribution in [2.75, 3.05) is 13.6 Å². The van der Waals surface area contributed by atoms with Crippen molar-refractivity contribution < 1.29 is 13.6 Å². The van der Waals surface area contributed by atoms with E-state index in [-0.39, 0.29) is 18.0 Å². The van der Waals surface area contributed by atoms with E-state index in [9.17, 15) is 13.6 Å². The van der Waals surface area contributed by atoms with Crippen molar-refractivity contribution in [1.82, 2.24) is 15.5 Å². The lowest BCUT2D eigenvalue weighted by atomic mass is 10.1. The summed E-state index contributed by atoms with van der Waals surface area (Å²) < 4.78 is 26.4. The quantitative estimate of drug-likeness (QED) is 0.792. The molecule has 1 aliphatic heterocycles. The first kappa shape index (κ1) is 19.7. The number of likely N-dealkylation sites (tertiary alicyclic amines) is 1. The van der Waals surface area contributed by atoms with Gasteiger partial charge < -0.3 is 10.6 Å². The van der Waals surface area contributed by atoms with Crippen LogP contribution in [-0.4, -0.2) is 36.5 Å². The minimum Gasteiger partial charge on any atom is -0.358 e. The van der Waals surface area contributed by atoms with Gasteiger partial charge in [0, 0.05) is 37.7 Å². The zero-order chi connectivity index (χ0) is 19.4. The maximum atomic E-state index is 13.4. The van der Waals surface area contributed by atoms with Crippen LogP contribution in [0.2, 0.25) is 5.02 Å². The molecule has 1 heterocycles. The molecule has 3 rings (SSSR count). The van der Waals surface area contributed by atoms with E-state index in [1.807, 2.05) is 24.3 Å². The van der Waals surface area contributed by atoms with Gasteiger partial charge >= 0.3 is 0 Å². The van der Waals surface area contributed by atoms with Crippen LogP contribution in [0.15, 0.2) is 42.5 Å². The standard InChI is InChI=1S/C20H22ClF2N3O/c1-24-20(27)19-9-15(25-10-13-6-7-17(22)18(23)8-13)12-26(19)11-14-4-2-3-5-16(14)21/h2-8,15,19,25H,9-12H2,1H3,(H,24,27)/t15-,19-/m0/s1. The Hall–Kier alpha value is -2.02. The van der Waals surface area contributed by atoms with Crippen molar-refractivity contribution in [2.45, 2.75) is 31.6 Å². The number of halogens is 3. The molecule has 1 fully saturated rings. The molecule has 2 atom stereocenters. The Kier molecular flexibility index (Phi) is 6.42. The summed E-state index contributed by atoms with van der Waals surface area (Å²) in [5.74, 6) is -1.76. The number of hydrogen-bond donors (Lipinski definition) is 2. The third-order valence-electron chi connectivity index (χ3n) is 4.86. The molecule has 144 valence electrons. The Morgan fingerprint density at radius 3 is 2.70 bits per heavy atom. The van der Waals surface area contributed by atoms with Gasteiger partial charge in [-0.2, -0.15) is 0 Å². The zero-order valence-corrected chi connectivity index (χ0v) is 15.8. The molecule has 0 spiro atoms. The van der Waals surface area contributed by atoms with Crippen molar-refractivity contribution in [2.24, 2.45) is 0 Å². The fraction of sp³-hybridized carbons (Fsp3) is 0.350. The highest BCUT2D eigenvalue weighted by Crippen LogP contribution is 2.24. The van der Waals surface area contributed by atoms with E-state index >= 15 is 0 Å². The van der Waals surface area contributed by atoms with Gasteiger partial charge in [-0.05, 0) is 35.7 Å². The van der Waals surface area contributed by atoms with Crippen LogP contribution in [0.1, 0.15) is 17.5 Å². The maximum absolute atomic E-state index is 13.4. The van der Waals surface area contributed by atoms with Crippen LogP contribution in [0, 0.1) is 11.6 Å². The van der Waals surface area contributed by atoms with Gasteiger partial charge in [-0.25, -0.2) is 8.78 Å². The van der Waals surface area contributed by atoms with Crippen molar-refractivity contribution in [3.63, 3.8) is 0 Å². The first-order valence-electron chi connectivity index (χ1n) is 8.84. The predicted octanol–water partition coefficient (Wildman–Crippen LogP) is 3.10. The summed E-state index contributed by atoms with van der Waals surface area (Å²) in [6, 6.07) is 11.2. The van der Waals surface area contributed by atoms with Gasteiger partial charge in [0.15, 0.2) is 11.6 Å². The second-order valence-corrected chi connectivity index (χ2v) is 7.12. The van der Waals surface area contributed by atoms with Crippen LogP contribution in [0.25, 0.3) is 0 Å². The Balaban J connectivity index is 1.66. The third-order valence-corrected chi connectivity index (χ3v) is 5.23. The molecule has 0 radical (unpaired) electrons. The van der Waals surface area contributed by atoms with E-state index < -0.39 is 11.6 Å². The molecule has 27 heavy (non-hydrogen) atoms. The molecule has 4 nitrogen and oxygen atoms in total.